The number of aliphatic hydroxyl groups excluding tert-OH is 1. The van der Waals surface area contributed by atoms with E-state index < -0.39 is 0 Å². The van der Waals surface area contributed by atoms with Crippen molar-refractivity contribution in [1.29, 1.82) is 0 Å². The van der Waals surface area contributed by atoms with Gasteiger partial charge in [-0.05, 0) is 25.7 Å². The van der Waals surface area contributed by atoms with Gasteiger partial charge in [0.1, 0.15) is 0 Å². The minimum atomic E-state index is -0.121. The average molecular weight is 253 g/mol. The maximum atomic E-state index is 9.76. The lowest BCUT2D eigenvalue weighted by Crippen LogP contribution is -2.04. The maximum Gasteiger partial charge on any atom is 0.0574 e. The molecule has 0 aromatic carbocycles. The van der Waals surface area contributed by atoms with Gasteiger partial charge >= 0.3 is 0 Å². The number of allylic oxidation sites excluding steroid dienone is 1. The lowest BCUT2D eigenvalue weighted by atomic mass is 10.1. The summed E-state index contributed by atoms with van der Waals surface area (Å²) >= 11 is 0. The third-order valence-corrected chi connectivity index (χ3v) is 3.34. The second kappa shape index (κ2) is 14.8. The zero-order valence-corrected chi connectivity index (χ0v) is 12.4. The van der Waals surface area contributed by atoms with Gasteiger partial charge in [-0.15, -0.1) is 0 Å². The molecule has 0 aromatic rings. The number of hydrogen-bond acceptors (Lipinski definition) is 1. The van der Waals surface area contributed by atoms with E-state index in [1.54, 1.807) is 0 Å². The molecule has 1 heteroatoms. The number of unbranched alkanes of at least 4 members (excludes halogenated alkanes) is 8. The van der Waals surface area contributed by atoms with Gasteiger partial charge < -0.3 is 5.11 Å². The Bertz CT molecular complexity index is 174. The lowest BCUT2D eigenvalue weighted by molar-refractivity contribution is 0.163. The molecule has 0 aliphatic heterocycles. The zero-order valence-electron chi connectivity index (χ0n) is 12.4. The monoisotopic (exact) mass is 253 g/mol. The Balaban J connectivity index is 3.23. The second-order valence-electron chi connectivity index (χ2n) is 5.27. The summed E-state index contributed by atoms with van der Waals surface area (Å²) in [5, 5.41) is 9.76. The van der Waals surface area contributed by atoms with Crippen LogP contribution in [0.5, 0.6) is 0 Å². The third kappa shape index (κ3) is 13.8. The Morgan fingerprint density at radius 2 is 1.67 bits per heavy atom. The number of rotatable bonds is 13. The van der Waals surface area contributed by atoms with E-state index in [2.05, 4.69) is 26.0 Å². The predicted molar refractivity (Wildman–Crippen MR) is 81.6 cm³/mol. The number of aliphatic hydroxyl groups is 1. The summed E-state index contributed by atoms with van der Waals surface area (Å²) in [5.41, 5.74) is 0. The average Bonchev–Trinajstić information content (AvgIpc) is 2.38. The molecule has 107 valence electrons. The van der Waals surface area contributed by atoms with Crippen molar-refractivity contribution in [3.05, 3.63) is 19.1 Å². The molecule has 0 bridgehead atoms. The Morgan fingerprint density at radius 1 is 0.944 bits per heavy atom. The van der Waals surface area contributed by atoms with Crippen LogP contribution in [0.1, 0.15) is 84.0 Å². The molecule has 1 atom stereocenters. The molecule has 0 fully saturated rings. The Morgan fingerprint density at radius 3 is 2.39 bits per heavy atom. The zero-order chi connectivity index (χ0) is 13.5. The molecule has 0 heterocycles. The van der Waals surface area contributed by atoms with Crippen molar-refractivity contribution in [2.24, 2.45) is 0 Å². The first-order valence-corrected chi connectivity index (χ1v) is 7.93. The molecule has 0 aromatic heterocycles. The van der Waals surface area contributed by atoms with Crippen molar-refractivity contribution in [3.63, 3.8) is 0 Å². The summed E-state index contributed by atoms with van der Waals surface area (Å²) in [6.45, 7) is 6.06. The molecule has 0 amide bonds. The van der Waals surface area contributed by atoms with Crippen molar-refractivity contribution >= 4 is 0 Å². The molecule has 18 heavy (non-hydrogen) atoms. The summed E-state index contributed by atoms with van der Waals surface area (Å²) in [5.74, 6) is 0. The summed E-state index contributed by atoms with van der Waals surface area (Å²) < 4.78 is 0. The summed E-state index contributed by atoms with van der Waals surface area (Å²) in [6.07, 6.45) is 18.5. The first-order valence-electron chi connectivity index (χ1n) is 7.93. The van der Waals surface area contributed by atoms with Crippen LogP contribution in [0.2, 0.25) is 0 Å². The Hall–Kier alpha value is -0.300. The largest absolute Gasteiger partial charge is 0.393 e. The van der Waals surface area contributed by atoms with Crippen molar-refractivity contribution in [1.82, 2.24) is 0 Å². The van der Waals surface area contributed by atoms with E-state index in [1.165, 1.54) is 57.8 Å². The Kier molecular flexibility index (Phi) is 14.5. The first-order chi connectivity index (χ1) is 8.81. The van der Waals surface area contributed by atoms with Crippen LogP contribution in [0.25, 0.3) is 0 Å². The van der Waals surface area contributed by atoms with Gasteiger partial charge in [-0.2, -0.15) is 0 Å². The molecule has 0 saturated heterocycles. The van der Waals surface area contributed by atoms with Crippen LogP contribution < -0.4 is 0 Å². The molecule has 1 N–H and O–H groups in total. The molecule has 0 spiro atoms. The van der Waals surface area contributed by atoms with E-state index >= 15 is 0 Å². The molecule has 1 nitrogen and oxygen atoms in total. The highest BCUT2D eigenvalue weighted by atomic mass is 16.3. The van der Waals surface area contributed by atoms with Crippen molar-refractivity contribution in [2.45, 2.75) is 90.1 Å². The van der Waals surface area contributed by atoms with Crippen molar-refractivity contribution in [2.75, 3.05) is 0 Å². The first kappa shape index (κ1) is 17.7. The molecular formula is C17H33O. The standard InChI is InChI=1S/C17H33O/c1-3-5-7-9-10-11-12-14-16-17(18)15-13-8-6-4-2/h12,14,17-18H,1,3-11,13,15-16H2,2H3/b14-12+. The topological polar surface area (TPSA) is 20.2 Å². The van der Waals surface area contributed by atoms with E-state index in [1.807, 2.05) is 0 Å². The van der Waals surface area contributed by atoms with Gasteiger partial charge in [0.05, 0.1) is 6.10 Å². The molecule has 0 rings (SSSR count). The molecule has 0 saturated carbocycles. The normalized spacial score (nSPS) is 13.3. The van der Waals surface area contributed by atoms with Gasteiger partial charge in [-0.25, -0.2) is 0 Å². The van der Waals surface area contributed by atoms with Gasteiger partial charge in [-0.3, -0.25) is 0 Å². The maximum absolute atomic E-state index is 9.76. The smallest absolute Gasteiger partial charge is 0.0574 e. The van der Waals surface area contributed by atoms with Crippen LogP contribution in [-0.4, -0.2) is 11.2 Å². The third-order valence-electron chi connectivity index (χ3n) is 3.34. The quantitative estimate of drug-likeness (QED) is 0.342. The highest BCUT2D eigenvalue weighted by Gasteiger charge is 2.00. The van der Waals surface area contributed by atoms with Crippen LogP contribution in [0.3, 0.4) is 0 Å². The molecule has 1 unspecified atom stereocenters. The van der Waals surface area contributed by atoms with Crippen LogP contribution in [-0.2, 0) is 0 Å². The van der Waals surface area contributed by atoms with Crippen LogP contribution >= 0.6 is 0 Å². The minimum Gasteiger partial charge on any atom is -0.393 e. The van der Waals surface area contributed by atoms with E-state index in [0.29, 0.717) is 0 Å². The highest BCUT2D eigenvalue weighted by molar-refractivity contribution is 4.83. The van der Waals surface area contributed by atoms with Crippen molar-refractivity contribution in [3.8, 4) is 0 Å². The van der Waals surface area contributed by atoms with Crippen LogP contribution in [0.15, 0.2) is 12.2 Å². The molecule has 1 radical (unpaired) electrons. The Labute approximate surface area is 115 Å². The highest BCUT2D eigenvalue weighted by Crippen LogP contribution is 2.09. The molecule has 0 aliphatic carbocycles. The summed E-state index contributed by atoms with van der Waals surface area (Å²) in [4.78, 5) is 0. The fourth-order valence-electron chi connectivity index (χ4n) is 2.09. The van der Waals surface area contributed by atoms with E-state index in [4.69, 9.17) is 0 Å². The van der Waals surface area contributed by atoms with Crippen LogP contribution in [0.4, 0.5) is 0 Å². The van der Waals surface area contributed by atoms with Gasteiger partial charge in [0.15, 0.2) is 0 Å². The second-order valence-corrected chi connectivity index (χ2v) is 5.27. The molecular weight excluding hydrogens is 220 g/mol. The van der Waals surface area contributed by atoms with E-state index in [0.717, 1.165) is 19.3 Å². The van der Waals surface area contributed by atoms with Gasteiger partial charge in [0.25, 0.3) is 0 Å². The van der Waals surface area contributed by atoms with E-state index in [9.17, 15) is 5.11 Å². The minimum absolute atomic E-state index is 0.121. The predicted octanol–water partition coefficient (Wildman–Crippen LogP) is 5.44. The lowest BCUT2D eigenvalue weighted by Gasteiger charge is -2.06. The van der Waals surface area contributed by atoms with Gasteiger partial charge in [0.2, 0.25) is 0 Å². The van der Waals surface area contributed by atoms with Crippen LogP contribution in [0, 0.1) is 6.92 Å². The SMILES string of the molecule is [CH2]CCCCCC/C=C/CC(O)CCCCCC. The molecule has 0 aliphatic rings. The summed E-state index contributed by atoms with van der Waals surface area (Å²) in [6, 6.07) is 0. The van der Waals surface area contributed by atoms with Gasteiger partial charge in [0, 0.05) is 0 Å². The number of hydrogen-bond donors (Lipinski definition) is 1. The van der Waals surface area contributed by atoms with Gasteiger partial charge in [-0.1, -0.05) is 77.4 Å². The summed E-state index contributed by atoms with van der Waals surface area (Å²) in [7, 11) is 0. The fourth-order valence-corrected chi connectivity index (χ4v) is 2.09. The van der Waals surface area contributed by atoms with E-state index in [-0.39, 0.29) is 6.10 Å². The van der Waals surface area contributed by atoms with Crippen molar-refractivity contribution < 1.29 is 5.11 Å². The fraction of sp³-hybridized carbons (Fsp3) is 0.824.